The van der Waals surface area contributed by atoms with Gasteiger partial charge in [-0.2, -0.15) is 0 Å². The molecule has 3 heterocycles. The van der Waals surface area contributed by atoms with Gasteiger partial charge in [-0.05, 0) is 85.5 Å². The molecule has 5 rings (SSSR count). The maximum Gasteiger partial charge on any atom is 0.455 e. The Morgan fingerprint density at radius 2 is 2.05 bits per heavy atom. The predicted octanol–water partition coefficient (Wildman–Crippen LogP) is 5.10. The van der Waals surface area contributed by atoms with Gasteiger partial charge < -0.3 is 14.8 Å². The van der Waals surface area contributed by atoms with Gasteiger partial charge in [0.15, 0.2) is 0 Å². The van der Waals surface area contributed by atoms with Crippen molar-refractivity contribution in [3.8, 4) is 5.75 Å². The molecule has 0 spiro atoms. The molecule has 4 atom stereocenters. The largest absolute Gasteiger partial charge is 0.507 e. The number of phenols is 1. The van der Waals surface area contributed by atoms with Crippen molar-refractivity contribution < 1.29 is 24.4 Å². The van der Waals surface area contributed by atoms with Gasteiger partial charge in [-0.1, -0.05) is 40.9 Å². The molecule has 2 amide bonds. The van der Waals surface area contributed by atoms with E-state index in [1.807, 2.05) is 30.3 Å². The van der Waals surface area contributed by atoms with E-state index in [-0.39, 0.29) is 35.5 Å². The normalized spacial score (nSPS) is 25.6. The molecule has 3 aliphatic rings. The van der Waals surface area contributed by atoms with Crippen LogP contribution in [0.5, 0.6) is 5.75 Å². The quantitative estimate of drug-likeness (QED) is 0.269. The van der Waals surface area contributed by atoms with Crippen molar-refractivity contribution in [2.45, 2.75) is 51.5 Å². The summed E-state index contributed by atoms with van der Waals surface area (Å²) in [6.45, 7) is 2.11. The number of amides is 2. The van der Waals surface area contributed by atoms with Crippen LogP contribution in [0.2, 0.25) is 6.32 Å². The average molecular weight is 579 g/mol. The number of carbonyl (C=O) groups is 2. The Kier molecular flexibility index (Phi) is 7.89. The van der Waals surface area contributed by atoms with Gasteiger partial charge in [0.1, 0.15) is 5.75 Å². The topological polar surface area (TPSA) is 100.0 Å². The monoisotopic (exact) mass is 578 g/mol. The van der Waals surface area contributed by atoms with E-state index in [2.05, 4.69) is 27.8 Å². The van der Waals surface area contributed by atoms with Crippen molar-refractivity contribution in [2.75, 3.05) is 7.05 Å². The Balaban J connectivity index is 1.49. The van der Waals surface area contributed by atoms with Crippen molar-refractivity contribution in [3.05, 3.63) is 69.5 Å². The zero-order valence-electron chi connectivity index (χ0n) is 21.6. The lowest BCUT2D eigenvalue weighted by molar-refractivity contribution is -0.138. The van der Waals surface area contributed by atoms with Crippen LogP contribution >= 0.6 is 15.9 Å². The fraction of sp³-hybridized carbons (Fsp3) is 0.414. The van der Waals surface area contributed by atoms with E-state index >= 15 is 0 Å². The molecule has 2 aromatic rings. The maximum absolute atomic E-state index is 13.1. The molecule has 0 bridgehead atoms. The molecule has 2 saturated heterocycles. The number of fused-ring (bicyclic) bond motifs is 3. The van der Waals surface area contributed by atoms with E-state index in [0.717, 1.165) is 34.2 Å². The molecule has 0 unspecified atom stereocenters. The van der Waals surface area contributed by atoms with Crippen LogP contribution in [-0.2, 0) is 14.2 Å². The summed E-state index contributed by atoms with van der Waals surface area (Å²) < 4.78 is 6.99. The molecule has 2 fully saturated rings. The van der Waals surface area contributed by atoms with E-state index in [4.69, 9.17) is 4.65 Å². The Morgan fingerprint density at radius 1 is 1.24 bits per heavy atom. The number of halogens is 1. The Bertz CT molecular complexity index is 1300. The first-order valence-corrected chi connectivity index (χ1v) is 14.0. The highest BCUT2D eigenvalue weighted by Gasteiger charge is 2.56. The fourth-order valence-corrected chi connectivity index (χ4v) is 6.78. The molecular formula is C29H32BBrN2O5. The van der Waals surface area contributed by atoms with Crippen molar-refractivity contribution >= 4 is 46.5 Å². The molecule has 7 nitrogen and oxygen atoms in total. The number of imide groups is 1. The number of carbonyl (C=O) groups excluding carboxylic acids is 2. The number of rotatable bonds is 7. The second kappa shape index (κ2) is 11.2. The summed E-state index contributed by atoms with van der Waals surface area (Å²) in [5, 5.41) is 21.2. The second-order valence-electron chi connectivity index (χ2n) is 10.4. The van der Waals surface area contributed by atoms with Gasteiger partial charge in [0.2, 0.25) is 11.8 Å². The van der Waals surface area contributed by atoms with Crippen LogP contribution in [0.25, 0.3) is 11.6 Å². The summed E-state index contributed by atoms with van der Waals surface area (Å²) in [4.78, 5) is 31.8. The highest BCUT2D eigenvalue weighted by Crippen LogP contribution is 2.51. The van der Waals surface area contributed by atoms with Crippen molar-refractivity contribution in [1.29, 1.82) is 0 Å². The van der Waals surface area contributed by atoms with Crippen LogP contribution in [0.15, 0.2) is 58.2 Å². The zero-order chi connectivity index (χ0) is 27.0. The van der Waals surface area contributed by atoms with Gasteiger partial charge in [0.25, 0.3) is 0 Å². The van der Waals surface area contributed by atoms with Gasteiger partial charge in [-0.15, -0.1) is 0 Å². The minimum absolute atomic E-state index is 0.112. The van der Waals surface area contributed by atoms with Crippen LogP contribution < -0.4 is 0 Å². The van der Waals surface area contributed by atoms with Gasteiger partial charge in [0, 0.05) is 23.3 Å². The van der Waals surface area contributed by atoms with Crippen LogP contribution in [0.3, 0.4) is 0 Å². The number of pyridine rings is 1. The predicted molar refractivity (Wildman–Crippen MR) is 150 cm³/mol. The molecule has 198 valence electrons. The maximum atomic E-state index is 13.1. The summed E-state index contributed by atoms with van der Waals surface area (Å²) >= 11 is 3.48. The summed E-state index contributed by atoms with van der Waals surface area (Å²) in [5.74, 6) is -1.08. The van der Waals surface area contributed by atoms with Gasteiger partial charge in [-0.25, -0.2) is 0 Å². The number of allylic oxidation sites excluding steroid dienone is 2. The fourth-order valence-electron chi connectivity index (χ4n) is 6.40. The van der Waals surface area contributed by atoms with Gasteiger partial charge >= 0.3 is 7.12 Å². The highest BCUT2D eigenvalue weighted by molar-refractivity contribution is 9.10. The summed E-state index contributed by atoms with van der Waals surface area (Å²) in [7, 11) is 0.567. The van der Waals surface area contributed by atoms with Gasteiger partial charge in [-0.3, -0.25) is 19.5 Å². The molecule has 1 aromatic heterocycles. The first-order chi connectivity index (χ1) is 18.3. The second-order valence-corrected chi connectivity index (χ2v) is 11.3. The van der Waals surface area contributed by atoms with E-state index in [0.29, 0.717) is 31.1 Å². The number of aromatic hydroxyl groups is 1. The standard InChI is InChI=1S/C29H32BBrN2O5/c1-3-6-18-15-21-27(29(36)33(2)28(21)35)22-16-30(37)38-25(26(18)22)11-8-17(23-7-4-5-12-32-23)13-19-14-20(31)9-10-24(19)34/h4-5,7,9-10,12-14,21-22,25,27,34,37H,3,6,8,11,15-16H2,1-2H3/b17-13-/t21-,22+,25-,27-/m1/s1. The van der Waals surface area contributed by atoms with Crippen molar-refractivity contribution in [2.24, 2.45) is 17.8 Å². The van der Waals surface area contributed by atoms with E-state index in [1.165, 1.54) is 10.5 Å². The first kappa shape index (κ1) is 26.8. The molecule has 0 radical (unpaired) electrons. The zero-order valence-corrected chi connectivity index (χ0v) is 23.2. The number of nitrogens with zero attached hydrogens (tertiary/aromatic N) is 2. The van der Waals surface area contributed by atoms with E-state index < -0.39 is 13.0 Å². The average Bonchev–Trinajstić information content (AvgIpc) is 3.12. The number of aromatic nitrogens is 1. The molecular weight excluding hydrogens is 547 g/mol. The first-order valence-electron chi connectivity index (χ1n) is 13.3. The summed E-state index contributed by atoms with van der Waals surface area (Å²) in [6.07, 6.45) is 7.12. The van der Waals surface area contributed by atoms with Crippen molar-refractivity contribution in [1.82, 2.24) is 9.88 Å². The minimum atomic E-state index is -0.999. The van der Waals surface area contributed by atoms with Crippen LogP contribution in [0.4, 0.5) is 0 Å². The molecule has 0 saturated carbocycles. The Labute approximate surface area is 231 Å². The summed E-state index contributed by atoms with van der Waals surface area (Å²) in [5.41, 5.74) is 4.69. The lowest BCUT2D eigenvalue weighted by atomic mass is 9.58. The third-order valence-electron chi connectivity index (χ3n) is 8.07. The Morgan fingerprint density at radius 3 is 2.79 bits per heavy atom. The number of hydrogen-bond donors (Lipinski definition) is 2. The third kappa shape index (κ3) is 5.11. The van der Waals surface area contributed by atoms with Gasteiger partial charge in [0.05, 0.1) is 23.6 Å². The van der Waals surface area contributed by atoms with E-state index in [9.17, 15) is 19.7 Å². The number of phenolic OH excluding ortho intramolecular Hbond substituents is 1. The molecule has 38 heavy (non-hydrogen) atoms. The SMILES string of the molecule is CCCC1=C2[C@@H](CC/C(=C/c3cc(Br)ccc3O)c3ccccn3)OB(O)C[C@@H]2[C@@H]2C(=O)N(C)C(=O)[C@@H]2C1. The number of benzene rings is 1. The molecule has 9 heteroatoms. The third-order valence-corrected chi connectivity index (χ3v) is 8.56. The molecule has 2 aliphatic heterocycles. The lowest BCUT2D eigenvalue weighted by Crippen LogP contribution is -2.46. The molecule has 1 aromatic carbocycles. The highest BCUT2D eigenvalue weighted by atomic mass is 79.9. The van der Waals surface area contributed by atoms with Crippen molar-refractivity contribution in [3.63, 3.8) is 0 Å². The van der Waals surface area contributed by atoms with Crippen LogP contribution in [0, 0.1) is 17.8 Å². The van der Waals surface area contributed by atoms with Crippen LogP contribution in [-0.4, -0.2) is 52.1 Å². The molecule has 2 N–H and O–H groups in total. The van der Waals surface area contributed by atoms with Crippen LogP contribution in [0.1, 0.15) is 50.3 Å². The number of hydrogen-bond acceptors (Lipinski definition) is 6. The lowest BCUT2D eigenvalue weighted by Gasteiger charge is -2.43. The van der Waals surface area contributed by atoms with E-state index in [1.54, 1.807) is 25.4 Å². The minimum Gasteiger partial charge on any atom is -0.507 e. The number of likely N-dealkylation sites (tertiary alicyclic amines) is 1. The smallest absolute Gasteiger partial charge is 0.455 e. The Hall–Kier alpha value is -2.75. The summed E-state index contributed by atoms with van der Waals surface area (Å²) in [6, 6.07) is 11.0. The molecule has 1 aliphatic carbocycles.